The van der Waals surface area contributed by atoms with Gasteiger partial charge in [0.15, 0.2) is 0 Å². The molecule has 1 aromatic rings. The van der Waals surface area contributed by atoms with Crippen LogP contribution in [0.5, 0.6) is 0 Å². The molecule has 1 radical (unpaired) electrons. The molecule has 0 saturated carbocycles. The van der Waals surface area contributed by atoms with Gasteiger partial charge in [0.1, 0.15) is 0 Å². The number of hydrogen-bond acceptors (Lipinski definition) is 0. The maximum absolute atomic E-state index is 2.90. The van der Waals surface area contributed by atoms with Crippen molar-refractivity contribution in [1.82, 2.24) is 0 Å². The third-order valence-electron chi connectivity index (χ3n) is 0.743. The van der Waals surface area contributed by atoms with Gasteiger partial charge in [-0.1, -0.05) is 0 Å². The number of hydrogen-bond donors (Lipinski definition) is 0. The van der Waals surface area contributed by atoms with Crippen molar-refractivity contribution in [3.63, 3.8) is 0 Å². The zero-order valence-electron chi connectivity index (χ0n) is 4.20. The minimum absolute atomic E-state index is 0. The first-order valence-electron chi connectivity index (χ1n) is 2.11. The second-order valence-corrected chi connectivity index (χ2v) is 2.30. The molecule has 0 aromatic heterocycles. The monoisotopic (exact) mass is 193 g/mol. The van der Waals surface area contributed by atoms with Crippen LogP contribution < -0.4 is 4.46 Å². The molecule has 0 aliphatic carbocycles. The van der Waals surface area contributed by atoms with E-state index in [1.807, 2.05) is 30.3 Å². The van der Waals surface area contributed by atoms with Crippen molar-refractivity contribution >= 4 is 32.9 Å². The fraction of sp³-hybridized carbons (Fsp3) is 0. The number of benzene rings is 1. The average Bonchev–Trinajstić information content (AvgIpc) is 1.69. The summed E-state index contributed by atoms with van der Waals surface area (Å²) < 4.78 is 1.20. The van der Waals surface area contributed by atoms with E-state index in [-0.39, 0.29) is 12.4 Å². The third kappa shape index (κ3) is 2.37. The zero-order valence-corrected chi connectivity index (χ0v) is 6.73. The van der Waals surface area contributed by atoms with E-state index in [1.165, 1.54) is 4.46 Å². The summed E-state index contributed by atoms with van der Waals surface area (Å²) in [5.74, 6) is 0. The van der Waals surface area contributed by atoms with Gasteiger partial charge in [-0.2, -0.15) is 0 Å². The number of halogens is 1. The summed E-state index contributed by atoms with van der Waals surface area (Å²) in [4.78, 5) is 0. The van der Waals surface area contributed by atoms with E-state index in [0.717, 1.165) is 0 Å². The Bertz CT molecular complexity index is 138. The summed E-state index contributed by atoms with van der Waals surface area (Å²) >= 11 is 2.90. The minimum atomic E-state index is 0. The molecule has 0 nitrogen and oxygen atoms in total. The van der Waals surface area contributed by atoms with E-state index < -0.39 is 0 Å². The van der Waals surface area contributed by atoms with Crippen molar-refractivity contribution in [1.29, 1.82) is 0 Å². The molecule has 2 heteroatoms. The Balaban J connectivity index is 0.000000490. The van der Waals surface area contributed by atoms with E-state index >= 15 is 0 Å². The summed E-state index contributed by atoms with van der Waals surface area (Å²) in [6.07, 6.45) is 0. The molecule has 0 unspecified atom stereocenters. The first kappa shape index (κ1) is 8.03. The van der Waals surface area contributed by atoms with Crippen molar-refractivity contribution in [3.05, 3.63) is 30.3 Å². The van der Waals surface area contributed by atoms with Crippen molar-refractivity contribution in [2.24, 2.45) is 0 Å². The molecular weight excluding hydrogens is 186 g/mol. The van der Waals surface area contributed by atoms with Crippen molar-refractivity contribution in [3.8, 4) is 0 Å². The molecule has 1 aromatic carbocycles. The molecule has 0 N–H and O–H groups in total. The van der Waals surface area contributed by atoms with Crippen LogP contribution in [0, 0.1) is 0 Å². The summed E-state index contributed by atoms with van der Waals surface area (Å²) in [6.45, 7) is 0. The normalized spacial score (nSPS) is 7.50. The van der Waals surface area contributed by atoms with E-state index in [9.17, 15) is 0 Å². The molecule has 8 heavy (non-hydrogen) atoms. The van der Waals surface area contributed by atoms with Crippen LogP contribution in [0.1, 0.15) is 0 Å². The molecule has 0 bridgehead atoms. The molecule has 0 heterocycles. The number of rotatable bonds is 0. The molecule has 0 fully saturated rings. The first-order valence-corrected chi connectivity index (χ1v) is 2.97. The maximum atomic E-state index is 2.90. The standard InChI is InChI=1S/C6H5Se.ClH/c7-6-4-2-1-3-5-6;/h1-5H;1H. The van der Waals surface area contributed by atoms with Gasteiger partial charge in [-0.3, -0.25) is 0 Å². The molecule has 43 valence electrons. The van der Waals surface area contributed by atoms with Crippen molar-refractivity contribution < 1.29 is 0 Å². The van der Waals surface area contributed by atoms with Crippen LogP contribution >= 0.6 is 12.4 Å². The Labute approximate surface area is 63.5 Å². The predicted octanol–water partition coefficient (Wildman–Crippen LogP) is 0.902. The van der Waals surface area contributed by atoms with Crippen LogP contribution in [-0.2, 0) is 0 Å². The van der Waals surface area contributed by atoms with Crippen molar-refractivity contribution in [2.45, 2.75) is 0 Å². The zero-order chi connectivity index (χ0) is 5.11. The molecule has 0 amide bonds. The predicted molar refractivity (Wildman–Crippen MR) is 39.1 cm³/mol. The molecular formula is C6H6ClSe. The SMILES string of the molecule is Cl.[Se]c1ccccc1. The fourth-order valence-electron chi connectivity index (χ4n) is 0.420. The van der Waals surface area contributed by atoms with Crippen LogP contribution in [0.3, 0.4) is 0 Å². The molecule has 0 saturated heterocycles. The van der Waals surface area contributed by atoms with Crippen LogP contribution in [0.4, 0.5) is 0 Å². The second-order valence-electron chi connectivity index (χ2n) is 1.31. The van der Waals surface area contributed by atoms with Gasteiger partial charge in [-0.15, -0.1) is 12.4 Å². The third-order valence-corrected chi connectivity index (χ3v) is 1.31. The second kappa shape index (κ2) is 3.96. The molecule has 0 aliphatic heterocycles. The van der Waals surface area contributed by atoms with Gasteiger partial charge >= 0.3 is 50.8 Å². The topological polar surface area (TPSA) is 0 Å². The van der Waals surface area contributed by atoms with Crippen LogP contribution in [0.15, 0.2) is 30.3 Å². The Morgan fingerprint density at radius 1 is 1.00 bits per heavy atom. The Kier molecular flexibility index (Phi) is 3.98. The summed E-state index contributed by atoms with van der Waals surface area (Å²) in [7, 11) is 0. The molecule has 0 spiro atoms. The van der Waals surface area contributed by atoms with Gasteiger partial charge in [0.05, 0.1) is 0 Å². The van der Waals surface area contributed by atoms with Gasteiger partial charge in [0.25, 0.3) is 0 Å². The van der Waals surface area contributed by atoms with E-state index in [1.54, 1.807) is 0 Å². The van der Waals surface area contributed by atoms with Crippen LogP contribution in [0.25, 0.3) is 0 Å². The Hall–Kier alpha value is 0.0295. The van der Waals surface area contributed by atoms with Crippen molar-refractivity contribution in [2.75, 3.05) is 0 Å². The van der Waals surface area contributed by atoms with Crippen LogP contribution in [0.2, 0.25) is 0 Å². The summed E-state index contributed by atoms with van der Waals surface area (Å²) in [6, 6.07) is 10.1. The molecule has 0 aliphatic rings. The quantitative estimate of drug-likeness (QED) is 0.536. The summed E-state index contributed by atoms with van der Waals surface area (Å²) in [5, 5.41) is 0. The van der Waals surface area contributed by atoms with E-state index in [4.69, 9.17) is 0 Å². The average molecular weight is 193 g/mol. The van der Waals surface area contributed by atoms with Gasteiger partial charge in [-0.05, 0) is 0 Å². The van der Waals surface area contributed by atoms with Crippen LogP contribution in [-0.4, -0.2) is 16.0 Å². The van der Waals surface area contributed by atoms with Gasteiger partial charge in [0.2, 0.25) is 0 Å². The first-order chi connectivity index (χ1) is 3.39. The summed E-state index contributed by atoms with van der Waals surface area (Å²) in [5.41, 5.74) is 0. The molecule has 1 rings (SSSR count). The Morgan fingerprint density at radius 2 is 1.50 bits per heavy atom. The van der Waals surface area contributed by atoms with E-state index in [0.29, 0.717) is 0 Å². The Morgan fingerprint density at radius 3 is 1.75 bits per heavy atom. The fourth-order valence-corrected chi connectivity index (χ4v) is 0.750. The molecule has 0 atom stereocenters. The van der Waals surface area contributed by atoms with Gasteiger partial charge in [0, 0.05) is 0 Å². The van der Waals surface area contributed by atoms with E-state index in [2.05, 4.69) is 16.0 Å². The van der Waals surface area contributed by atoms with Gasteiger partial charge in [-0.25, -0.2) is 0 Å². The van der Waals surface area contributed by atoms with Gasteiger partial charge < -0.3 is 0 Å².